The number of rotatable bonds is 0. The van der Waals surface area contributed by atoms with Gasteiger partial charge < -0.3 is 9.64 Å². The first kappa shape index (κ1) is 7.53. The monoisotopic (exact) mass is 156 g/mol. The number of likely N-dealkylation sites (tertiary alicyclic amines) is 1. The average molecular weight is 156 g/mol. The summed E-state index contributed by atoms with van der Waals surface area (Å²) in [5, 5.41) is 0. The zero-order valence-electron chi connectivity index (χ0n) is 7.29. The summed E-state index contributed by atoms with van der Waals surface area (Å²) in [6.45, 7) is 4.27. The second-order valence-electron chi connectivity index (χ2n) is 3.68. The van der Waals surface area contributed by atoms with E-state index in [1.165, 1.54) is 6.54 Å². The highest BCUT2D eigenvalue weighted by Gasteiger charge is 2.36. The summed E-state index contributed by atoms with van der Waals surface area (Å²) in [6.07, 6.45) is 0.471. The zero-order chi connectivity index (χ0) is 7.84. The molecule has 64 valence electrons. The Morgan fingerprint density at radius 1 is 1.27 bits per heavy atom. The SMILES string of the molecule is CN1C[C@@H]2OCCN(C)[C@@H]2C1. The number of fused-ring (bicyclic) bond motifs is 1. The van der Waals surface area contributed by atoms with Gasteiger partial charge in [-0.15, -0.1) is 0 Å². The predicted octanol–water partition coefficient (Wildman–Crippen LogP) is -0.369. The number of nitrogens with zero attached hydrogens (tertiary/aromatic N) is 2. The van der Waals surface area contributed by atoms with E-state index in [9.17, 15) is 0 Å². The number of hydrogen-bond donors (Lipinski definition) is 0. The minimum atomic E-state index is 0.471. The van der Waals surface area contributed by atoms with Gasteiger partial charge in [-0.1, -0.05) is 0 Å². The summed E-state index contributed by atoms with van der Waals surface area (Å²) in [5.74, 6) is 0. The smallest absolute Gasteiger partial charge is 0.0869 e. The maximum absolute atomic E-state index is 5.66. The molecule has 3 nitrogen and oxygen atoms in total. The molecule has 0 aliphatic carbocycles. The summed E-state index contributed by atoms with van der Waals surface area (Å²) in [6, 6.07) is 0.647. The molecule has 0 aromatic rings. The van der Waals surface area contributed by atoms with Crippen molar-refractivity contribution in [1.82, 2.24) is 9.80 Å². The Balaban J connectivity index is 2.03. The van der Waals surface area contributed by atoms with Crippen molar-refractivity contribution in [3.8, 4) is 0 Å². The molecule has 0 amide bonds. The van der Waals surface area contributed by atoms with E-state index in [4.69, 9.17) is 4.74 Å². The lowest BCUT2D eigenvalue weighted by Gasteiger charge is -2.33. The lowest BCUT2D eigenvalue weighted by molar-refractivity contribution is -0.0368. The molecular weight excluding hydrogens is 140 g/mol. The molecule has 0 unspecified atom stereocenters. The summed E-state index contributed by atoms with van der Waals surface area (Å²) in [5.41, 5.74) is 0. The van der Waals surface area contributed by atoms with Crippen molar-refractivity contribution in [3.63, 3.8) is 0 Å². The molecule has 2 heterocycles. The molecule has 0 aromatic carbocycles. The lowest BCUT2D eigenvalue weighted by atomic mass is 10.1. The number of likely N-dealkylation sites (N-methyl/N-ethyl adjacent to an activating group) is 2. The maximum atomic E-state index is 5.66. The summed E-state index contributed by atoms with van der Waals surface area (Å²) in [7, 11) is 4.36. The Morgan fingerprint density at radius 2 is 2.09 bits per heavy atom. The molecule has 2 aliphatic heterocycles. The van der Waals surface area contributed by atoms with Crippen LogP contribution in [0.3, 0.4) is 0 Å². The molecule has 3 heteroatoms. The number of hydrogen-bond acceptors (Lipinski definition) is 3. The first-order valence-corrected chi connectivity index (χ1v) is 4.28. The van der Waals surface area contributed by atoms with Gasteiger partial charge in [0.1, 0.15) is 0 Å². The van der Waals surface area contributed by atoms with E-state index < -0.39 is 0 Å². The normalized spacial score (nSPS) is 40.9. The summed E-state index contributed by atoms with van der Waals surface area (Å²) in [4.78, 5) is 4.76. The standard InChI is InChI=1S/C8H16N2O/c1-9-5-7-8(6-9)11-4-3-10(7)2/h7-8H,3-6H2,1-2H3/t7-,8+/m1/s1. The van der Waals surface area contributed by atoms with E-state index in [-0.39, 0.29) is 0 Å². The molecule has 2 saturated heterocycles. The van der Waals surface area contributed by atoms with Gasteiger partial charge in [-0.3, -0.25) is 4.90 Å². The van der Waals surface area contributed by atoms with Gasteiger partial charge in [0.25, 0.3) is 0 Å². The minimum absolute atomic E-state index is 0.471. The van der Waals surface area contributed by atoms with Crippen LogP contribution >= 0.6 is 0 Å². The van der Waals surface area contributed by atoms with Crippen molar-refractivity contribution in [3.05, 3.63) is 0 Å². The van der Waals surface area contributed by atoms with Gasteiger partial charge in [0, 0.05) is 25.7 Å². The van der Waals surface area contributed by atoms with E-state index in [2.05, 4.69) is 23.9 Å². The van der Waals surface area contributed by atoms with Crippen LogP contribution in [-0.4, -0.2) is 62.3 Å². The largest absolute Gasteiger partial charge is 0.374 e. The highest BCUT2D eigenvalue weighted by molar-refractivity contribution is 4.91. The van der Waals surface area contributed by atoms with Crippen molar-refractivity contribution in [2.75, 3.05) is 40.3 Å². The van der Waals surface area contributed by atoms with E-state index in [0.717, 1.165) is 19.7 Å². The van der Waals surface area contributed by atoms with Crippen LogP contribution in [0.1, 0.15) is 0 Å². The van der Waals surface area contributed by atoms with E-state index in [1.54, 1.807) is 0 Å². The maximum Gasteiger partial charge on any atom is 0.0869 e. The Bertz CT molecular complexity index is 151. The molecule has 2 fully saturated rings. The molecule has 0 radical (unpaired) electrons. The third-order valence-electron chi connectivity index (χ3n) is 2.76. The van der Waals surface area contributed by atoms with Gasteiger partial charge in [-0.25, -0.2) is 0 Å². The van der Waals surface area contributed by atoms with E-state index in [0.29, 0.717) is 12.1 Å². The number of ether oxygens (including phenoxy) is 1. The first-order chi connectivity index (χ1) is 5.27. The third kappa shape index (κ3) is 1.28. The van der Waals surface area contributed by atoms with Gasteiger partial charge in [0.2, 0.25) is 0 Å². The fourth-order valence-corrected chi connectivity index (χ4v) is 2.04. The van der Waals surface area contributed by atoms with Crippen LogP contribution in [0.5, 0.6) is 0 Å². The third-order valence-corrected chi connectivity index (χ3v) is 2.76. The van der Waals surface area contributed by atoms with Crippen molar-refractivity contribution < 1.29 is 4.74 Å². The molecule has 0 bridgehead atoms. The van der Waals surface area contributed by atoms with Crippen molar-refractivity contribution in [2.24, 2.45) is 0 Å². The summed E-state index contributed by atoms with van der Waals surface area (Å²) < 4.78 is 5.66. The van der Waals surface area contributed by atoms with Crippen molar-refractivity contribution >= 4 is 0 Å². The molecule has 0 spiro atoms. The zero-order valence-corrected chi connectivity index (χ0v) is 7.29. The lowest BCUT2D eigenvalue weighted by Crippen LogP contribution is -2.48. The topological polar surface area (TPSA) is 15.7 Å². The van der Waals surface area contributed by atoms with Crippen LogP contribution in [0.2, 0.25) is 0 Å². The summed E-state index contributed by atoms with van der Waals surface area (Å²) >= 11 is 0. The molecule has 0 N–H and O–H groups in total. The molecule has 0 aromatic heterocycles. The predicted molar refractivity (Wildman–Crippen MR) is 43.7 cm³/mol. The molecule has 2 atom stereocenters. The fraction of sp³-hybridized carbons (Fsp3) is 1.00. The van der Waals surface area contributed by atoms with E-state index in [1.807, 2.05) is 0 Å². The van der Waals surface area contributed by atoms with Gasteiger partial charge in [-0.2, -0.15) is 0 Å². The molecule has 2 rings (SSSR count). The highest BCUT2D eigenvalue weighted by Crippen LogP contribution is 2.19. The number of morpholine rings is 1. The van der Waals surface area contributed by atoms with Crippen LogP contribution in [0.4, 0.5) is 0 Å². The Kier molecular flexibility index (Phi) is 1.87. The van der Waals surface area contributed by atoms with Crippen molar-refractivity contribution in [2.45, 2.75) is 12.1 Å². The van der Waals surface area contributed by atoms with Crippen LogP contribution < -0.4 is 0 Å². The van der Waals surface area contributed by atoms with Crippen molar-refractivity contribution in [1.29, 1.82) is 0 Å². The van der Waals surface area contributed by atoms with E-state index >= 15 is 0 Å². The fourth-order valence-electron chi connectivity index (χ4n) is 2.04. The van der Waals surface area contributed by atoms with Crippen LogP contribution in [0.25, 0.3) is 0 Å². The van der Waals surface area contributed by atoms with Crippen LogP contribution in [0.15, 0.2) is 0 Å². The second kappa shape index (κ2) is 2.73. The highest BCUT2D eigenvalue weighted by atomic mass is 16.5. The molecular formula is C8H16N2O. The Labute approximate surface area is 67.9 Å². The second-order valence-corrected chi connectivity index (χ2v) is 3.68. The molecule has 0 saturated carbocycles. The van der Waals surface area contributed by atoms with Gasteiger partial charge >= 0.3 is 0 Å². The van der Waals surface area contributed by atoms with Gasteiger partial charge in [0.15, 0.2) is 0 Å². The first-order valence-electron chi connectivity index (χ1n) is 4.28. The van der Waals surface area contributed by atoms with Gasteiger partial charge in [0.05, 0.1) is 12.7 Å². The van der Waals surface area contributed by atoms with Crippen LogP contribution in [-0.2, 0) is 4.74 Å². The molecule has 11 heavy (non-hydrogen) atoms. The Hall–Kier alpha value is -0.120. The van der Waals surface area contributed by atoms with Crippen LogP contribution in [0, 0.1) is 0 Å². The Morgan fingerprint density at radius 3 is 2.82 bits per heavy atom. The average Bonchev–Trinajstić information content (AvgIpc) is 2.31. The quantitative estimate of drug-likeness (QED) is 0.476. The minimum Gasteiger partial charge on any atom is -0.374 e. The van der Waals surface area contributed by atoms with Gasteiger partial charge in [-0.05, 0) is 14.1 Å². The molecule has 2 aliphatic rings.